The molecule has 13 nitrogen and oxygen atoms in total. The molecule has 0 fully saturated rings. The lowest BCUT2D eigenvalue weighted by Gasteiger charge is -2.14. The van der Waals surface area contributed by atoms with Crippen LogP contribution in [-0.2, 0) is 20.2 Å². The second-order valence-corrected chi connectivity index (χ2v) is 13.8. The number of nitrogens with one attached hydrogen (secondary N) is 1. The van der Waals surface area contributed by atoms with E-state index in [1.165, 1.54) is 25.5 Å². The van der Waals surface area contributed by atoms with Gasteiger partial charge in [-0.25, -0.2) is 0 Å². The van der Waals surface area contributed by atoms with Crippen molar-refractivity contribution in [2.45, 2.75) is 22.8 Å². The van der Waals surface area contributed by atoms with Crippen LogP contribution in [-0.4, -0.2) is 56.5 Å². The maximum absolute atomic E-state index is 11.4. The molecule has 6 rings (SSSR count). The molecule has 0 spiro atoms. The summed E-state index contributed by atoms with van der Waals surface area (Å²) in [6, 6.07) is 32.3. The number of nitrogens with two attached hydrogens (primary N) is 3. The van der Waals surface area contributed by atoms with Gasteiger partial charge in [-0.3, -0.25) is 13.9 Å². The van der Waals surface area contributed by atoms with E-state index in [9.17, 15) is 36.4 Å². The summed E-state index contributed by atoms with van der Waals surface area (Å²) in [5.74, 6) is -0.736. The molecule has 15 heteroatoms. The van der Waals surface area contributed by atoms with E-state index in [1.54, 1.807) is 19.1 Å². The maximum atomic E-state index is 11.4. The van der Waals surface area contributed by atoms with Crippen molar-refractivity contribution in [3.63, 3.8) is 0 Å². The van der Waals surface area contributed by atoms with Gasteiger partial charge in [0, 0.05) is 34.8 Å². The number of phenolic OH excluding ortho intramolecular Hbond substituents is 1. The summed E-state index contributed by atoms with van der Waals surface area (Å²) >= 11 is 0. The molecule has 0 amide bonds. The number of phenols is 1. The number of nitrogen functional groups attached to an aromatic ring is 2. The fraction of sp³-hybridized carbons (Fsp3) is 0.108. The normalized spacial score (nSPS) is 11.5. The summed E-state index contributed by atoms with van der Waals surface area (Å²) in [6.45, 7) is 1.74. The van der Waals surface area contributed by atoms with Crippen LogP contribution in [0.2, 0.25) is 0 Å². The van der Waals surface area contributed by atoms with Gasteiger partial charge < -0.3 is 32.7 Å². The monoisotopic (exact) mass is 748 g/mol. The molecular formula is C37H40N4O9S2. The van der Waals surface area contributed by atoms with E-state index >= 15 is 0 Å². The molecule has 274 valence electrons. The van der Waals surface area contributed by atoms with Crippen LogP contribution in [0.1, 0.15) is 28.9 Å². The number of benzene rings is 6. The number of carbonyl (C=O) groups is 1. The van der Waals surface area contributed by atoms with Crippen LogP contribution < -0.4 is 22.5 Å². The van der Waals surface area contributed by atoms with E-state index in [1.807, 2.05) is 66.7 Å². The highest BCUT2D eigenvalue weighted by Gasteiger charge is 2.25. The van der Waals surface area contributed by atoms with Crippen molar-refractivity contribution in [1.29, 1.82) is 0 Å². The Morgan fingerprint density at radius 3 is 1.75 bits per heavy atom. The van der Waals surface area contributed by atoms with Gasteiger partial charge in [-0.2, -0.15) is 16.8 Å². The second kappa shape index (κ2) is 17.6. The molecule has 6 aromatic rings. The molecule has 0 saturated carbocycles. The van der Waals surface area contributed by atoms with Crippen LogP contribution in [0, 0.1) is 0 Å². The number of hydrogen-bond donors (Lipinski definition) is 8. The Hall–Kier alpha value is -5.55. The number of fused-ring (bicyclic) bond motifs is 2. The Labute approximate surface area is 301 Å². The maximum Gasteiger partial charge on any atom is 0.296 e. The van der Waals surface area contributed by atoms with Crippen LogP contribution in [0.15, 0.2) is 119 Å². The summed E-state index contributed by atoms with van der Waals surface area (Å²) in [4.78, 5) is 9.04. The number of rotatable bonds is 6. The average molecular weight is 749 g/mol. The van der Waals surface area contributed by atoms with Crippen molar-refractivity contribution in [2.24, 2.45) is 5.73 Å². The minimum absolute atomic E-state index is 0.109. The molecule has 0 heterocycles. The molecule has 0 aromatic heterocycles. The molecule has 0 radical (unpaired) electrons. The first-order valence-corrected chi connectivity index (χ1v) is 18.3. The first-order chi connectivity index (χ1) is 24.6. The molecule has 11 N–H and O–H groups in total. The average Bonchev–Trinajstić information content (AvgIpc) is 3.13. The first kappa shape index (κ1) is 40.9. The van der Waals surface area contributed by atoms with Gasteiger partial charge >= 0.3 is 0 Å². The zero-order valence-corrected chi connectivity index (χ0v) is 30.1. The van der Waals surface area contributed by atoms with Crippen molar-refractivity contribution in [1.82, 2.24) is 0 Å². The summed E-state index contributed by atoms with van der Waals surface area (Å²) < 4.78 is 63.8. The number of hydrogen-bond acceptors (Lipinski definition) is 11. The van der Waals surface area contributed by atoms with Gasteiger partial charge in [0.2, 0.25) is 0 Å². The number of aliphatic hydroxyl groups excluding tert-OH is 1. The molecule has 0 aliphatic carbocycles. The molecule has 6 aromatic carbocycles. The van der Waals surface area contributed by atoms with Crippen molar-refractivity contribution < 1.29 is 40.9 Å². The van der Waals surface area contributed by atoms with Gasteiger partial charge in [0.15, 0.2) is 0 Å². The highest BCUT2D eigenvalue weighted by atomic mass is 32.2. The highest BCUT2D eigenvalue weighted by Crippen LogP contribution is 2.42. The summed E-state index contributed by atoms with van der Waals surface area (Å²) in [5, 5.41) is 24.1. The van der Waals surface area contributed by atoms with Crippen molar-refractivity contribution in [2.75, 3.05) is 30.9 Å². The number of anilines is 3. The molecule has 52 heavy (non-hydrogen) atoms. The molecule has 0 bridgehead atoms. The number of aldehydes is 1. The lowest BCUT2D eigenvalue weighted by molar-refractivity contribution is 0.112. The van der Waals surface area contributed by atoms with E-state index < -0.39 is 47.6 Å². The molecule has 1 atom stereocenters. The van der Waals surface area contributed by atoms with Gasteiger partial charge in [0.1, 0.15) is 21.8 Å². The van der Waals surface area contributed by atoms with Crippen molar-refractivity contribution >= 4 is 65.1 Å². The molecule has 0 aliphatic rings. The lowest BCUT2D eigenvalue weighted by atomic mass is 10.0. The quantitative estimate of drug-likeness (QED) is 0.0429. The third-order valence-electron chi connectivity index (χ3n) is 7.66. The van der Waals surface area contributed by atoms with E-state index in [0.29, 0.717) is 5.56 Å². The van der Waals surface area contributed by atoms with Crippen LogP contribution in [0.4, 0.5) is 17.1 Å². The zero-order valence-electron chi connectivity index (χ0n) is 28.4. The standard InChI is InChI=1S/C15H14O2.C11H12N2O7S2.C10H9N.CH5N/c1-11(17)13-6-8-15(9-7-13)14-4-2-12(10-16)3-5-14;1-13-6-2-3-7(21(15,16)17)5-4-8(22(18,19)20)10(12)11(14)9(5)6;11-10-7-3-5-8-4-1-2-6-9(8)10;1-2/h2-11,17H,1H3;2-4,13-14H,12H2,1H3,(H,15,16,17)(H,18,19,20);1-7H,11H2;2H2,1H3. The van der Waals surface area contributed by atoms with E-state index in [0.717, 1.165) is 46.2 Å². The third-order valence-corrected chi connectivity index (χ3v) is 9.47. The third kappa shape index (κ3) is 9.82. The largest absolute Gasteiger partial charge is 0.505 e. The number of aromatic hydroxyl groups is 1. The zero-order chi connectivity index (χ0) is 38.8. The van der Waals surface area contributed by atoms with Crippen LogP contribution in [0.5, 0.6) is 5.75 Å². The van der Waals surface area contributed by atoms with Gasteiger partial charge in [-0.15, -0.1) is 0 Å². The van der Waals surface area contributed by atoms with Gasteiger partial charge in [0.25, 0.3) is 20.2 Å². The fourth-order valence-electron chi connectivity index (χ4n) is 5.06. The summed E-state index contributed by atoms with van der Waals surface area (Å²) in [6.07, 6.45) is 0.391. The predicted octanol–water partition coefficient (Wildman–Crippen LogP) is 5.88. The van der Waals surface area contributed by atoms with Crippen LogP contribution in [0.3, 0.4) is 0 Å². The van der Waals surface area contributed by atoms with Crippen LogP contribution >= 0.6 is 0 Å². The molecule has 1 unspecified atom stereocenters. The Morgan fingerprint density at radius 2 is 1.25 bits per heavy atom. The highest BCUT2D eigenvalue weighted by molar-refractivity contribution is 7.86. The topological polar surface area (TPSA) is 256 Å². The Balaban J connectivity index is 0.000000215. The van der Waals surface area contributed by atoms with Crippen molar-refractivity contribution in [3.05, 3.63) is 120 Å². The van der Waals surface area contributed by atoms with Crippen LogP contribution in [0.25, 0.3) is 32.7 Å². The minimum atomic E-state index is -4.81. The summed E-state index contributed by atoms with van der Waals surface area (Å²) in [7, 11) is -6.53. The predicted molar refractivity (Wildman–Crippen MR) is 206 cm³/mol. The Kier molecular flexibility index (Phi) is 13.8. The first-order valence-electron chi connectivity index (χ1n) is 15.4. The second-order valence-electron chi connectivity index (χ2n) is 11.0. The SMILES string of the molecule is CC(O)c1ccc(-c2ccc(C=O)cc2)cc1.CN.CNc1ccc(S(=O)(=O)O)c2cc(S(=O)(=O)O)c(N)c(O)c12.Nc1cccc2ccccc12. The molecular weight excluding hydrogens is 709 g/mol. The summed E-state index contributed by atoms with van der Waals surface area (Å²) in [5.41, 5.74) is 19.9. The fourth-order valence-corrected chi connectivity index (χ4v) is 6.38. The van der Waals surface area contributed by atoms with E-state index in [-0.39, 0.29) is 16.5 Å². The Morgan fingerprint density at radius 1 is 0.712 bits per heavy atom. The smallest absolute Gasteiger partial charge is 0.296 e. The lowest BCUT2D eigenvalue weighted by Crippen LogP contribution is -2.06. The molecule has 0 saturated heterocycles. The van der Waals surface area contributed by atoms with Gasteiger partial charge in [-0.1, -0.05) is 84.9 Å². The number of aliphatic hydroxyl groups is 1. The number of carbonyl (C=O) groups excluding carboxylic acids is 1. The van der Waals surface area contributed by atoms with E-state index in [2.05, 4.69) is 23.2 Å². The van der Waals surface area contributed by atoms with Gasteiger partial charge in [0.05, 0.1) is 17.2 Å². The van der Waals surface area contributed by atoms with Gasteiger partial charge in [-0.05, 0) is 60.3 Å². The minimum Gasteiger partial charge on any atom is -0.505 e. The van der Waals surface area contributed by atoms with Crippen molar-refractivity contribution in [3.8, 4) is 16.9 Å². The van der Waals surface area contributed by atoms with E-state index in [4.69, 9.17) is 16.0 Å². The molecule has 0 aliphatic heterocycles. The Bertz CT molecular complexity index is 2380.